The summed E-state index contributed by atoms with van der Waals surface area (Å²) in [6, 6.07) is 7.48. The first-order valence-corrected chi connectivity index (χ1v) is 7.19. The largest absolute Gasteiger partial charge is 0.372 e. The number of aryl methyl sites for hydroxylation is 1. The van der Waals surface area contributed by atoms with Gasteiger partial charge in [0.05, 0.1) is 12.2 Å². The molecule has 1 fully saturated rings. The Morgan fingerprint density at radius 1 is 1.30 bits per heavy atom. The van der Waals surface area contributed by atoms with Crippen LogP contribution in [0.4, 0.5) is 0 Å². The lowest BCUT2D eigenvalue weighted by Crippen LogP contribution is -2.52. The molecule has 4 nitrogen and oxygen atoms in total. The van der Waals surface area contributed by atoms with Gasteiger partial charge in [0.25, 0.3) is 5.91 Å². The Labute approximate surface area is 125 Å². The molecule has 1 heterocycles. The van der Waals surface area contributed by atoms with Crippen molar-refractivity contribution in [1.29, 1.82) is 0 Å². The van der Waals surface area contributed by atoms with Gasteiger partial charge in [-0.1, -0.05) is 18.2 Å². The average molecular weight is 292 g/mol. The fourth-order valence-electron chi connectivity index (χ4n) is 2.41. The highest BCUT2D eigenvalue weighted by molar-refractivity contribution is 7.80. The van der Waals surface area contributed by atoms with Crippen molar-refractivity contribution in [3.63, 3.8) is 0 Å². The van der Waals surface area contributed by atoms with E-state index >= 15 is 0 Å². The van der Waals surface area contributed by atoms with Crippen molar-refractivity contribution in [2.24, 2.45) is 0 Å². The maximum absolute atomic E-state index is 12.2. The van der Waals surface area contributed by atoms with Gasteiger partial charge >= 0.3 is 0 Å². The molecule has 0 bridgehead atoms. The second kappa shape index (κ2) is 6.33. The number of benzene rings is 1. The summed E-state index contributed by atoms with van der Waals surface area (Å²) in [6.45, 7) is 7.34. The van der Waals surface area contributed by atoms with Gasteiger partial charge in [-0.2, -0.15) is 0 Å². The summed E-state index contributed by atoms with van der Waals surface area (Å²) in [5.74, 6) is -0.153. The van der Waals surface area contributed by atoms with Gasteiger partial charge in [0, 0.05) is 18.7 Å². The SMILES string of the molecule is Cc1ccccc1C(=O)NC(=S)N1CC(C)OC(C)C1. The van der Waals surface area contributed by atoms with Crippen molar-refractivity contribution < 1.29 is 9.53 Å². The summed E-state index contributed by atoms with van der Waals surface area (Å²) >= 11 is 5.34. The minimum atomic E-state index is -0.153. The molecule has 1 saturated heterocycles. The molecule has 2 atom stereocenters. The number of ether oxygens (including phenoxy) is 1. The number of thiocarbonyl (C=S) groups is 1. The maximum Gasteiger partial charge on any atom is 0.257 e. The molecule has 0 aliphatic carbocycles. The molecule has 108 valence electrons. The molecule has 0 spiro atoms. The first-order chi connectivity index (χ1) is 9.47. The normalized spacial score (nSPS) is 22.4. The van der Waals surface area contributed by atoms with E-state index in [0.717, 1.165) is 5.56 Å². The Morgan fingerprint density at radius 2 is 1.90 bits per heavy atom. The number of amides is 1. The molecule has 0 aromatic heterocycles. The minimum Gasteiger partial charge on any atom is -0.372 e. The lowest BCUT2D eigenvalue weighted by Gasteiger charge is -2.36. The van der Waals surface area contributed by atoms with Gasteiger partial charge < -0.3 is 9.64 Å². The van der Waals surface area contributed by atoms with Crippen LogP contribution < -0.4 is 5.32 Å². The van der Waals surface area contributed by atoms with E-state index in [9.17, 15) is 4.79 Å². The van der Waals surface area contributed by atoms with E-state index in [2.05, 4.69) is 5.32 Å². The molecule has 2 rings (SSSR count). The molecule has 1 aromatic carbocycles. The van der Waals surface area contributed by atoms with Crippen molar-refractivity contribution in [3.8, 4) is 0 Å². The molecule has 1 amide bonds. The topological polar surface area (TPSA) is 41.6 Å². The van der Waals surface area contributed by atoms with Crippen LogP contribution >= 0.6 is 12.2 Å². The Balaban J connectivity index is 2.01. The summed E-state index contributed by atoms with van der Waals surface area (Å²) in [5.41, 5.74) is 1.60. The van der Waals surface area contributed by atoms with Gasteiger partial charge in [-0.05, 0) is 44.6 Å². The average Bonchev–Trinajstić information content (AvgIpc) is 2.37. The predicted octanol–water partition coefficient (Wildman–Crippen LogP) is 2.12. The third-order valence-corrected chi connectivity index (χ3v) is 3.68. The number of carbonyl (C=O) groups is 1. The van der Waals surface area contributed by atoms with E-state index < -0.39 is 0 Å². The second-order valence-electron chi connectivity index (χ2n) is 5.24. The fraction of sp³-hybridized carbons (Fsp3) is 0.467. The first-order valence-electron chi connectivity index (χ1n) is 6.78. The van der Waals surface area contributed by atoms with E-state index in [-0.39, 0.29) is 18.1 Å². The van der Waals surface area contributed by atoms with Crippen molar-refractivity contribution in [3.05, 3.63) is 35.4 Å². The quantitative estimate of drug-likeness (QED) is 0.805. The number of morpholine rings is 1. The van der Waals surface area contributed by atoms with Crippen LogP contribution in [-0.4, -0.2) is 41.2 Å². The molecule has 1 N–H and O–H groups in total. The predicted molar refractivity (Wildman–Crippen MR) is 82.8 cm³/mol. The fourth-order valence-corrected chi connectivity index (χ4v) is 2.66. The molecule has 5 heteroatoms. The maximum atomic E-state index is 12.2. The molecule has 1 aromatic rings. The van der Waals surface area contributed by atoms with Gasteiger partial charge in [0.15, 0.2) is 5.11 Å². The molecular formula is C15H20N2O2S. The third-order valence-electron chi connectivity index (χ3n) is 3.32. The van der Waals surface area contributed by atoms with E-state index in [0.29, 0.717) is 23.8 Å². The molecule has 0 saturated carbocycles. The number of rotatable bonds is 1. The second-order valence-corrected chi connectivity index (χ2v) is 5.62. The van der Waals surface area contributed by atoms with Crippen LogP contribution in [0, 0.1) is 6.92 Å². The molecule has 0 radical (unpaired) electrons. The lowest BCUT2D eigenvalue weighted by atomic mass is 10.1. The highest BCUT2D eigenvalue weighted by atomic mass is 32.1. The number of hydrogen-bond donors (Lipinski definition) is 1. The summed E-state index contributed by atoms with van der Waals surface area (Å²) in [6.07, 6.45) is 0.235. The van der Waals surface area contributed by atoms with E-state index in [1.165, 1.54) is 0 Å². The van der Waals surface area contributed by atoms with Crippen LogP contribution in [0.5, 0.6) is 0 Å². The van der Waals surface area contributed by atoms with Crippen molar-refractivity contribution in [2.45, 2.75) is 33.0 Å². The number of nitrogens with zero attached hydrogens (tertiary/aromatic N) is 1. The number of carbonyl (C=O) groups excluding carboxylic acids is 1. The molecule has 2 unspecified atom stereocenters. The van der Waals surface area contributed by atoms with Gasteiger partial charge in [0.1, 0.15) is 0 Å². The van der Waals surface area contributed by atoms with Gasteiger partial charge in [0.2, 0.25) is 0 Å². The van der Waals surface area contributed by atoms with Crippen LogP contribution in [0.25, 0.3) is 0 Å². The number of nitrogens with one attached hydrogen (secondary N) is 1. The lowest BCUT2D eigenvalue weighted by molar-refractivity contribution is -0.0481. The summed E-state index contributed by atoms with van der Waals surface area (Å²) in [7, 11) is 0. The Morgan fingerprint density at radius 3 is 2.50 bits per heavy atom. The van der Waals surface area contributed by atoms with Gasteiger partial charge in [-0.25, -0.2) is 0 Å². The Kier molecular flexibility index (Phi) is 4.73. The zero-order chi connectivity index (χ0) is 14.7. The molecule has 20 heavy (non-hydrogen) atoms. The monoisotopic (exact) mass is 292 g/mol. The van der Waals surface area contributed by atoms with E-state index in [1.807, 2.05) is 43.9 Å². The van der Waals surface area contributed by atoms with Crippen LogP contribution in [-0.2, 0) is 4.74 Å². The molecule has 1 aliphatic heterocycles. The zero-order valence-electron chi connectivity index (χ0n) is 12.1. The highest BCUT2D eigenvalue weighted by Gasteiger charge is 2.25. The number of hydrogen-bond acceptors (Lipinski definition) is 3. The van der Waals surface area contributed by atoms with E-state index in [4.69, 9.17) is 17.0 Å². The Hall–Kier alpha value is -1.46. The Bertz CT molecular complexity index is 508. The van der Waals surface area contributed by atoms with Crippen LogP contribution in [0.2, 0.25) is 0 Å². The summed E-state index contributed by atoms with van der Waals surface area (Å²) < 4.78 is 5.66. The minimum absolute atomic E-state index is 0.118. The highest BCUT2D eigenvalue weighted by Crippen LogP contribution is 2.11. The zero-order valence-corrected chi connectivity index (χ0v) is 12.9. The van der Waals surface area contributed by atoms with Crippen LogP contribution in [0.1, 0.15) is 29.8 Å². The van der Waals surface area contributed by atoms with Gasteiger partial charge in [-0.3, -0.25) is 10.1 Å². The van der Waals surface area contributed by atoms with Crippen molar-refractivity contribution in [1.82, 2.24) is 10.2 Å². The summed E-state index contributed by atoms with van der Waals surface area (Å²) in [4.78, 5) is 14.2. The van der Waals surface area contributed by atoms with Crippen molar-refractivity contribution in [2.75, 3.05) is 13.1 Å². The van der Waals surface area contributed by atoms with Crippen LogP contribution in [0.3, 0.4) is 0 Å². The van der Waals surface area contributed by atoms with Gasteiger partial charge in [-0.15, -0.1) is 0 Å². The van der Waals surface area contributed by atoms with E-state index in [1.54, 1.807) is 6.07 Å². The smallest absolute Gasteiger partial charge is 0.257 e. The molecule has 1 aliphatic rings. The van der Waals surface area contributed by atoms with Crippen LogP contribution in [0.15, 0.2) is 24.3 Å². The summed E-state index contributed by atoms with van der Waals surface area (Å²) in [5, 5.41) is 3.28. The van der Waals surface area contributed by atoms with Crippen molar-refractivity contribution >= 4 is 23.2 Å². The third kappa shape index (κ3) is 3.55. The standard InChI is InChI=1S/C15H20N2O2S/c1-10-6-4-5-7-13(10)14(18)16-15(20)17-8-11(2)19-12(3)9-17/h4-7,11-12H,8-9H2,1-3H3,(H,16,18,20). The first kappa shape index (κ1) is 14.9. The molecular weight excluding hydrogens is 272 g/mol.